The van der Waals surface area contributed by atoms with Crippen molar-refractivity contribution >= 4 is 0 Å². The maximum atomic E-state index is 6.12. The Morgan fingerprint density at radius 3 is 2.42 bits per heavy atom. The van der Waals surface area contributed by atoms with Crippen molar-refractivity contribution in [3.05, 3.63) is 29.8 Å². The molecule has 0 saturated carbocycles. The number of nitrogens with one attached hydrogen (secondary N) is 1. The Hall–Kier alpha value is -1.02. The van der Waals surface area contributed by atoms with Gasteiger partial charge < -0.3 is 10.1 Å². The molecule has 0 spiro atoms. The van der Waals surface area contributed by atoms with Gasteiger partial charge in [-0.15, -0.1) is 0 Å². The van der Waals surface area contributed by atoms with Gasteiger partial charge in [0.15, 0.2) is 0 Å². The van der Waals surface area contributed by atoms with Gasteiger partial charge in [-0.2, -0.15) is 0 Å². The highest BCUT2D eigenvalue weighted by molar-refractivity contribution is 5.35. The molecule has 1 rings (SSSR count). The van der Waals surface area contributed by atoms with Crippen LogP contribution in [0.5, 0.6) is 5.75 Å². The van der Waals surface area contributed by atoms with Crippen molar-refractivity contribution in [3.8, 4) is 5.75 Å². The smallest absolute Gasteiger partial charge is 0.124 e. The summed E-state index contributed by atoms with van der Waals surface area (Å²) in [6.45, 7) is 12.0. The van der Waals surface area contributed by atoms with Crippen molar-refractivity contribution in [2.75, 3.05) is 6.54 Å². The summed E-state index contributed by atoms with van der Waals surface area (Å²) in [5, 5.41) is 3.52. The summed E-state index contributed by atoms with van der Waals surface area (Å²) >= 11 is 0. The van der Waals surface area contributed by atoms with Crippen LogP contribution < -0.4 is 10.1 Å². The van der Waals surface area contributed by atoms with Crippen molar-refractivity contribution in [2.24, 2.45) is 5.92 Å². The molecule has 0 aliphatic rings. The normalized spacial score (nSPS) is 14.4. The predicted molar refractivity (Wildman–Crippen MR) is 82.7 cm³/mol. The highest BCUT2D eigenvalue weighted by Crippen LogP contribution is 2.26. The van der Waals surface area contributed by atoms with E-state index in [2.05, 4.69) is 58.1 Å². The van der Waals surface area contributed by atoms with Crippen LogP contribution in [0.2, 0.25) is 0 Å². The molecular weight excluding hydrogens is 234 g/mol. The van der Waals surface area contributed by atoms with E-state index < -0.39 is 0 Å². The predicted octanol–water partition coefficient (Wildman–Crippen LogP) is 4.56. The van der Waals surface area contributed by atoms with Gasteiger partial charge in [0.25, 0.3) is 0 Å². The number of ether oxygens (including phenoxy) is 1. The Morgan fingerprint density at radius 2 is 1.79 bits per heavy atom. The van der Waals surface area contributed by atoms with Crippen LogP contribution in [0.15, 0.2) is 24.3 Å². The van der Waals surface area contributed by atoms with Gasteiger partial charge in [0.2, 0.25) is 0 Å². The molecule has 1 aromatic rings. The molecule has 0 radical (unpaired) electrons. The van der Waals surface area contributed by atoms with Crippen LogP contribution in [0.1, 0.15) is 59.1 Å². The standard InChI is InChI=1S/C17H29NO/c1-6-11-18-15(5)16-9-7-8-10-17(16)19-14(4)12-13(2)3/h7-10,13-15,18H,6,11-12H2,1-5H3. The largest absolute Gasteiger partial charge is 0.490 e. The number of rotatable bonds is 8. The minimum absolute atomic E-state index is 0.263. The lowest BCUT2D eigenvalue weighted by Crippen LogP contribution is -2.21. The minimum atomic E-state index is 0.263. The second-order valence-electron chi connectivity index (χ2n) is 5.77. The number of hydrogen-bond donors (Lipinski definition) is 1. The SMILES string of the molecule is CCCNC(C)c1ccccc1OC(C)CC(C)C. The summed E-state index contributed by atoms with van der Waals surface area (Å²) in [6.07, 6.45) is 2.50. The van der Waals surface area contributed by atoms with Crippen molar-refractivity contribution in [2.45, 2.75) is 59.6 Å². The van der Waals surface area contributed by atoms with Crippen molar-refractivity contribution in [1.29, 1.82) is 0 Å². The fraction of sp³-hybridized carbons (Fsp3) is 0.647. The van der Waals surface area contributed by atoms with Crippen LogP contribution in [0.4, 0.5) is 0 Å². The fourth-order valence-corrected chi connectivity index (χ4v) is 2.35. The zero-order valence-corrected chi connectivity index (χ0v) is 13.1. The molecule has 0 aromatic heterocycles. The Morgan fingerprint density at radius 1 is 1.11 bits per heavy atom. The summed E-state index contributed by atoms with van der Waals surface area (Å²) < 4.78 is 6.12. The van der Waals surface area contributed by atoms with E-state index >= 15 is 0 Å². The lowest BCUT2D eigenvalue weighted by molar-refractivity contribution is 0.190. The third-order valence-corrected chi connectivity index (χ3v) is 3.22. The van der Waals surface area contributed by atoms with E-state index in [4.69, 9.17) is 4.74 Å². The van der Waals surface area contributed by atoms with Crippen LogP contribution in [0.25, 0.3) is 0 Å². The van der Waals surface area contributed by atoms with Gasteiger partial charge in [-0.1, -0.05) is 39.0 Å². The first-order valence-corrected chi connectivity index (χ1v) is 7.53. The molecule has 1 N–H and O–H groups in total. The second kappa shape index (κ2) is 8.21. The molecular formula is C17H29NO. The topological polar surface area (TPSA) is 21.3 Å². The van der Waals surface area contributed by atoms with E-state index in [0.29, 0.717) is 12.0 Å². The molecule has 0 aliphatic carbocycles. The van der Waals surface area contributed by atoms with E-state index in [9.17, 15) is 0 Å². The first-order chi connectivity index (χ1) is 9.04. The van der Waals surface area contributed by atoms with Crippen LogP contribution >= 0.6 is 0 Å². The summed E-state index contributed by atoms with van der Waals surface area (Å²) in [5.74, 6) is 1.68. The van der Waals surface area contributed by atoms with Gasteiger partial charge in [-0.25, -0.2) is 0 Å². The molecule has 2 atom stereocenters. The van der Waals surface area contributed by atoms with Crippen LogP contribution in [-0.2, 0) is 0 Å². The molecule has 1 aromatic carbocycles. The number of benzene rings is 1. The van der Waals surface area contributed by atoms with E-state index in [1.807, 2.05) is 6.07 Å². The molecule has 19 heavy (non-hydrogen) atoms. The highest BCUT2D eigenvalue weighted by Gasteiger charge is 2.13. The fourth-order valence-electron chi connectivity index (χ4n) is 2.35. The summed E-state index contributed by atoms with van der Waals surface area (Å²) in [4.78, 5) is 0. The minimum Gasteiger partial charge on any atom is -0.490 e. The Bertz CT molecular complexity index is 362. The Balaban J connectivity index is 2.72. The third-order valence-electron chi connectivity index (χ3n) is 3.22. The van der Waals surface area contributed by atoms with Crippen LogP contribution in [0, 0.1) is 5.92 Å². The molecule has 108 valence electrons. The average molecular weight is 263 g/mol. The summed E-state index contributed by atoms with van der Waals surface area (Å²) in [5.41, 5.74) is 1.26. The van der Waals surface area contributed by atoms with Crippen LogP contribution in [-0.4, -0.2) is 12.6 Å². The third kappa shape index (κ3) is 5.65. The lowest BCUT2D eigenvalue weighted by Gasteiger charge is -2.22. The van der Waals surface area contributed by atoms with Crippen molar-refractivity contribution in [1.82, 2.24) is 5.32 Å². The van der Waals surface area contributed by atoms with E-state index in [0.717, 1.165) is 25.1 Å². The molecule has 0 saturated heterocycles. The zero-order chi connectivity index (χ0) is 14.3. The maximum absolute atomic E-state index is 6.12. The molecule has 0 heterocycles. The Labute approximate surface area is 118 Å². The van der Waals surface area contributed by atoms with Gasteiger partial charge in [-0.3, -0.25) is 0 Å². The summed E-state index contributed by atoms with van der Waals surface area (Å²) in [7, 11) is 0. The summed E-state index contributed by atoms with van der Waals surface area (Å²) in [6, 6.07) is 8.70. The average Bonchev–Trinajstić information content (AvgIpc) is 2.35. The molecule has 0 fully saturated rings. The molecule has 2 heteroatoms. The van der Waals surface area contributed by atoms with E-state index in [-0.39, 0.29) is 6.10 Å². The van der Waals surface area contributed by atoms with Gasteiger partial charge in [0, 0.05) is 11.6 Å². The second-order valence-corrected chi connectivity index (χ2v) is 5.77. The van der Waals surface area contributed by atoms with Gasteiger partial charge in [0.1, 0.15) is 5.75 Å². The first kappa shape index (κ1) is 16.0. The monoisotopic (exact) mass is 263 g/mol. The van der Waals surface area contributed by atoms with Crippen molar-refractivity contribution < 1.29 is 4.74 Å². The van der Waals surface area contributed by atoms with Gasteiger partial charge >= 0.3 is 0 Å². The Kier molecular flexibility index (Phi) is 6.93. The van der Waals surface area contributed by atoms with E-state index in [1.165, 1.54) is 5.56 Å². The van der Waals surface area contributed by atoms with Crippen LogP contribution in [0.3, 0.4) is 0 Å². The van der Waals surface area contributed by atoms with E-state index in [1.54, 1.807) is 0 Å². The molecule has 2 unspecified atom stereocenters. The van der Waals surface area contributed by atoms with Gasteiger partial charge in [-0.05, 0) is 45.2 Å². The number of hydrogen-bond acceptors (Lipinski definition) is 2. The lowest BCUT2D eigenvalue weighted by atomic mass is 10.1. The quantitative estimate of drug-likeness (QED) is 0.742. The molecule has 0 bridgehead atoms. The van der Waals surface area contributed by atoms with Gasteiger partial charge in [0.05, 0.1) is 6.10 Å². The zero-order valence-electron chi connectivity index (χ0n) is 13.1. The molecule has 0 aliphatic heterocycles. The maximum Gasteiger partial charge on any atom is 0.124 e. The molecule has 0 amide bonds. The number of para-hydroxylation sites is 1. The molecule has 2 nitrogen and oxygen atoms in total. The van der Waals surface area contributed by atoms with Crippen molar-refractivity contribution in [3.63, 3.8) is 0 Å². The highest BCUT2D eigenvalue weighted by atomic mass is 16.5. The first-order valence-electron chi connectivity index (χ1n) is 7.53.